The molecule has 1 saturated heterocycles. The molecule has 0 radical (unpaired) electrons. The molecule has 1 aromatic heterocycles. The van der Waals surface area contributed by atoms with E-state index in [0.29, 0.717) is 13.1 Å². The summed E-state index contributed by atoms with van der Waals surface area (Å²) >= 11 is 1.58. The first-order valence-electron chi connectivity index (χ1n) is 6.74. The Labute approximate surface area is 122 Å². The van der Waals surface area contributed by atoms with E-state index in [0.717, 1.165) is 11.4 Å². The van der Waals surface area contributed by atoms with E-state index in [9.17, 15) is 9.59 Å². The number of hydrogen-bond acceptors (Lipinski definition) is 5. The van der Waals surface area contributed by atoms with Crippen molar-refractivity contribution in [2.45, 2.75) is 25.8 Å². The van der Waals surface area contributed by atoms with E-state index in [2.05, 4.69) is 22.5 Å². The predicted molar refractivity (Wildman–Crippen MR) is 77.3 cm³/mol. The molecule has 1 aliphatic rings. The monoisotopic (exact) mass is 296 g/mol. The Balaban J connectivity index is 1.93. The van der Waals surface area contributed by atoms with Gasteiger partial charge in [0.05, 0.1) is 18.6 Å². The first-order chi connectivity index (χ1) is 9.55. The second-order valence-electron chi connectivity index (χ2n) is 5.04. The average Bonchev–Trinajstić information content (AvgIpc) is 2.99. The average molecular weight is 296 g/mol. The fraction of sp³-hybridized carbons (Fsp3) is 0.615. The molecule has 0 unspecified atom stereocenters. The Morgan fingerprint density at radius 1 is 1.65 bits per heavy atom. The van der Waals surface area contributed by atoms with E-state index in [4.69, 9.17) is 0 Å². The van der Waals surface area contributed by atoms with Gasteiger partial charge in [0, 0.05) is 24.7 Å². The van der Waals surface area contributed by atoms with Gasteiger partial charge in [-0.25, -0.2) is 4.98 Å². The van der Waals surface area contributed by atoms with E-state index >= 15 is 0 Å². The summed E-state index contributed by atoms with van der Waals surface area (Å²) in [6.45, 7) is 5.58. The maximum absolute atomic E-state index is 12.1. The number of carbonyl (C=O) groups excluding carboxylic acids is 2. The second kappa shape index (κ2) is 6.32. The lowest BCUT2D eigenvalue weighted by molar-refractivity contribution is -0.137. The topological polar surface area (TPSA) is 74.3 Å². The lowest BCUT2D eigenvalue weighted by Gasteiger charge is -2.31. The normalized spacial score (nSPS) is 18.5. The summed E-state index contributed by atoms with van der Waals surface area (Å²) in [4.78, 5) is 29.3. The summed E-state index contributed by atoms with van der Waals surface area (Å²) in [7, 11) is 0. The van der Waals surface area contributed by atoms with Crippen LogP contribution in [-0.2, 0) is 15.1 Å². The first-order valence-corrected chi connectivity index (χ1v) is 7.62. The number of amides is 2. The lowest BCUT2D eigenvalue weighted by Crippen LogP contribution is -2.53. The molecule has 1 atom stereocenters. The quantitative estimate of drug-likeness (QED) is 0.820. The first kappa shape index (κ1) is 14.9. The minimum atomic E-state index is -0.304. The van der Waals surface area contributed by atoms with Crippen molar-refractivity contribution in [1.29, 1.82) is 0 Å². The highest BCUT2D eigenvalue weighted by molar-refractivity contribution is 7.09. The van der Waals surface area contributed by atoms with Crippen molar-refractivity contribution in [3.05, 3.63) is 16.6 Å². The largest absolute Gasteiger partial charge is 0.353 e. The molecule has 0 spiro atoms. The number of hydrogen-bond donors (Lipinski definition) is 2. The summed E-state index contributed by atoms with van der Waals surface area (Å²) in [5.74, 6) is -0.140. The van der Waals surface area contributed by atoms with Gasteiger partial charge < -0.3 is 10.2 Å². The van der Waals surface area contributed by atoms with Gasteiger partial charge in [-0.1, -0.05) is 6.92 Å². The van der Waals surface area contributed by atoms with Crippen LogP contribution in [0.2, 0.25) is 0 Å². The van der Waals surface area contributed by atoms with Crippen LogP contribution < -0.4 is 10.6 Å². The van der Waals surface area contributed by atoms with E-state index in [1.807, 2.05) is 12.3 Å². The lowest BCUT2D eigenvalue weighted by atomic mass is 10.00. The SMILES string of the molecule is CC[C@](C)(NCC(=O)N1CCNC(=O)C1)c1nccs1. The zero-order chi connectivity index (χ0) is 14.6. The molecule has 7 heteroatoms. The van der Waals surface area contributed by atoms with Crippen molar-refractivity contribution in [1.82, 2.24) is 20.5 Å². The summed E-state index contributed by atoms with van der Waals surface area (Å²) in [5, 5.41) is 8.90. The molecule has 110 valence electrons. The van der Waals surface area contributed by atoms with Gasteiger partial charge in [0.1, 0.15) is 5.01 Å². The smallest absolute Gasteiger partial charge is 0.239 e. The minimum absolute atomic E-state index is 0.0453. The van der Waals surface area contributed by atoms with Crippen LogP contribution in [0.1, 0.15) is 25.3 Å². The van der Waals surface area contributed by atoms with Gasteiger partial charge in [-0.2, -0.15) is 0 Å². The highest BCUT2D eigenvalue weighted by atomic mass is 32.1. The minimum Gasteiger partial charge on any atom is -0.353 e. The van der Waals surface area contributed by atoms with Crippen LogP contribution in [0.15, 0.2) is 11.6 Å². The molecular weight excluding hydrogens is 276 g/mol. The van der Waals surface area contributed by atoms with Crippen molar-refractivity contribution in [3.8, 4) is 0 Å². The van der Waals surface area contributed by atoms with Crippen molar-refractivity contribution in [2.75, 3.05) is 26.2 Å². The predicted octanol–water partition coefficient (Wildman–Crippen LogP) is 0.316. The zero-order valence-corrected chi connectivity index (χ0v) is 12.6. The highest BCUT2D eigenvalue weighted by Crippen LogP contribution is 2.25. The van der Waals surface area contributed by atoms with E-state index in [1.54, 1.807) is 22.4 Å². The molecule has 0 bridgehead atoms. The molecule has 2 amide bonds. The zero-order valence-electron chi connectivity index (χ0n) is 11.8. The molecule has 1 fully saturated rings. The molecule has 6 nitrogen and oxygen atoms in total. The van der Waals surface area contributed by atoms with Crippen molar-refractivity contribution in [3.63, 3.8) is 0 Å². The Bertz CT molecular complexity index is 477. The Morgan fingerprint density at radius 3 is 3.05 bits per heavy atom. The van der Waals surface area contributed by atoms with Gasteiger partial charge >= 0.3 is 0 Å². The van der Waals surface area contributed by atoms with Crippen LogP contribution in [0, 0.1) is 0 Å². The standard InChI is InChI=1S/C13H20N4O2S/c1-3-13(2,12-15-5-7-20-12)16-8-11(19)17-6-4-14-10(18)9-17/h5,7,16H,3-4,6,8-9H2,1-2H3,(H,14,18)/t13-/m0/s1. The molecule has 0 aliphatic carbocycles. The van der Waals surface area contributed by atoms with Gasteiger partial charge in [-0.05, 0) is 13.3 Å². The Hall–Kier alpha value is -1.47. The highest BCUT2D eigenvalue weighted by Gasteiger charge is 2.29. The molecule has 2 N–H and O–H groups in total. The third-order valence-electron chi connectivity index (χ3n) is 3.63. The molecule has 1 aliphatic heterocycles. The van der Waals surface area contributed by atoms with Crippen LogP contribution >= 0.6 is 11.3 Å². The van der Waals surface area contributed by atoms with Crippen LogP contribution in [0.25, 0.3) is 0 Å². The molecule has 20 heavy (non-hydrogen) atoms. The summed E-state index contributed by atoms with van der Waals surface area (Å²) in [5.41, 5.74) is -0.304. The maximum Gasteiger partial charge on any atom is 0.239 e. The van der Waals surface area contributed by atoms with E-state index < -0.39 is 0 Å². The fourth-order valence-electron chi connectivity index (χ4n) is 2.08. The number of aromatic nitrogens is 1. The van der Waals surface area contributed by atoms with Crippen molar-refractivity contribution < 1.29 is 9.59 Å². The Kier molecular flexibility index (Phi) is 4.72. The van der Waals surface area contributed by atoms with E-state index in [1.165, 1.54) is 0 Å². The van der Waals surface area contributed by atoms with Crippen molar-refractivity contribution in [2.24, 2.45) is 0 Å². The van der Waals surface area contributed by atoms with Crippen LogP contribution in [0.5, 0.6) is 0 Å². The second-order valence-corrected chi connectivity index (χ2v) is 5.94. The third kappa shape index (κ3) is 3.34. The van der Waals surface area contributed by atoms with Crippen LogP contribution in [0.4, 0.5) is 0 Å². The Morgan fingerprint density at radius 2 is 2.45 bits per heavy atom. The molecule has 1 aromatic rings. The summed E-state index contributed by atoms with van der Waals surface area (Å²) in [6.07, 6.45) is 2.61. The molecule has 0 saturated carbocycles. The van der Waals surface area contributed by atoms with Crippen LogP contribution in [-0.4, -0.2) is 47.9 Å². The molecular formula is C13H20N4O2S. The maximum atomic E-state index is 12.1. The molecule has 0 aromatic carbocycles. The molecule has 2 rings (SSSR count). The van der Waals surface area contributed by atoms with Crippen LogP contribution in [0.3, 0.4) is 0 Å². The number of thiazole rings is 1. The van der Waals surface area contributed by atoms with Gasteiger partial charge in [-0.3, -0.25) is 14.9 Å². The summed E-state index contributed by atoms with van der Waals surface area (Å²) in [6, 6.07) is 0. The summed E-state index contributed by atoms with van der Waals surface area (Å²) < 4.78 is 0. The number of piperazine rings is 1. The van der Waals surface area contributed by atoms with Crippen molar-refractivity contribution >= 4 is 23.2 Å². The van der Waals surface area contributed by atoms with E-state index in [-0.39, 0.29) is 30.4 Å². The number of nitrogens with one attached hydrogen (secondary N) is 2. The third-order valence-corrected chi connectivity index (χ3v) is 4.67. The van der Waals surface area contributed by atoms with Gasteiger partial charge in [0.15, 0.2) is 0 Å². The van der Waals surface area contributed by atoms with Gasteiger partial charge in [0.25, 0.3) is 0 Å². The van der Waals surface area contributed by atoms with Gasteiger partial charge in [0.2, 0.25) is 11.8 Å². The number of nitrogens with zero attached hydrogens (tertiary/aromatic N) is 2. The van der Waals surface area contributed by atoms with Gasteiger partial charge in [-0.15, -0.1) is 11.3 Å². The molecule has 2 heterocycles. The number of carbonyl (C=O) groups is 2. The number of rotatable bonds is 5. The fourth-order valence-corrected chi connectivity index (χ4v) is 2.93.